The lowest BCUT2D eigenvalue weighted by atomic mass is 10.2. The van der Waals surface area contributed by atoms with Crippen molar-refractivity contribution in [3.05, 3.63) is 22.4 Å². The lowest BCUT2D eigenvalue weighted by molar-refractivity contribution is 0.182. The van der Waals surface area contributed by atoms with Gasteiger partial charge >= 0.3 is 0 Å². The maximum atomic E-state index is 11.6. The van der Waals surface area contributed by atoms with Gasteiger partial charge in [-0.2, -0.15) is 11.3 Å². The molecule has 0 saturated heterocycles. The van der Waals surface area contributed by atoms with Gasteiger partial charge in [0.05, 0.1) is 11.9 Å². The van der Waals surface area contributed by atoms with E-state index in [4.69, 9.17) is 0 Å². The van der Waals surface area contributed by atoms with Crippen LogP contribution in [0.15, 0.2) is 16.8 Å². The lowest BCUT2D eigenvalue weighted by Gasteiger charge is -2.11. The van der Waals surface area contributed by atoms with Crippen molar-refractivity contribution in [3.8, 4) is 0 Å². The molecule has 1 aromatic heterocycles. The van der Waals surface area contributed by atoms with Crippen LogP contribution in [0.3, 0.4) is 0 Å². The lowest BCUT2D eigenvalue weighted by Crippen LogP contribution is -2.30. The average molecular weight is 277 g/mol. The van der Waals surface area contributed by atoms with Crippen molar-refractivity contribution in [1.82, 2.24) is 4.72 Å². The minimum absolute atomic E-state index is 0.0389. The van der Waals surface area contributed by atoms with Gasteiger partial charge in [-0.1, -0.05) is 13.8 Å². The predicted octanol–water partition coefficient (Wildman–Crippen LogP) is 1.75. The summed E-state index contributed by atoms with van der Waals surface area (Å²) in [6, 6.07) is 1.79. The van der Waals surface area contributed by atoms with Crippen LogP contribution in [0.5, 0.6) is 0 Å². The second kappa shape index (κ2) is 6.49. The molecule has 1 heterocycles. The van der Waals surface area contributed by atoms with Gasteiger partial charge in [-0.3, -0.25) is 0 Å². The van der Waals surface area contributed by atoms with Crippen molar-refractivity contribution in [3.63, 3.8) is 0 Å². The van der Waals surface area contributed by atoms with Gasteiger partial charge in [0.25, 0.3) is 0 Å². The molecule has 0 spiro atoms. The molecular weight excluding hydrogens is 258 g/mol. The number of thiophene rings is 1. The van der Waals surface area contributed by atoms with E-state index in [2.05, 4.69) is 4.72 Å². The third-order valence-corrected chi connectivity index (χ3v) is 4.47. The van der Waals surface area contributed by atoms with Gasteiger partial charge in [-0.25, -0.2) is 13.1 Å². The van der Waals surface area contributed by atoms with E-state index < -0.39 is 16.1 Å². The van der Waals surface area contributed by atoms with Gasteiger partial charge in [-0.15, -0.1) is 0 Å². The first-order chi connectivity index (χ1) is 7.91. The Hall–Kier alpha value is -0.430. The molecule has 0 fully saturated rings. The minimum atomic E-state index is -3.27. The van der Waals surface area contributed by atoms with Crippen LogP contribution in [-0.2, 0) is 10.0 Å². The fourth-order valence-corrected chi connectivity index (χ4v) is 3.30. The highest BCUT2D eigenvalue weighted by atomic mass is 32.2. The highest BCUT2D eigenvalue weighted by molar-refractivity contribution is 7.89. The van der Waals surface area contributed by atoms with Crippen molar-refractivity contribution in [2.24, 2.45) is 5.92 Å². The fourth-order valence-electron chi connectivity index (χ4n) is 1.25. The standard InChI is InChI=1S/C11H19NO3S2/c1-9(2)4-6-17(14,15)12-7-11(13)10-3-5-16-8-10/h3,5,8-9,11-13H,4,6-7H2,1-2H3. The number of hydrogen-bond acceptors (Lipinski definition) is 4. The second-order valence-corrected chi connectivity index (χ2v) is 7.13. The molecule has 0 saturated carbocycles. The molecule has 4 nitrogen and oxygen atoms in total. The van der Waals surface area contributed by atoms with Gasteiger partial charge < -0.3 is 5.11 Å². The summed E-state index contributed by atoms with van der Waals surface area (Å²) in [5, 5.41) is 13.4. The molecule has 2 N–H and O–H groups in total. The molecule has 0 aliphatic rings. The monoisotopic (exact) mass is 277 g/mol. The molecule has 0 bridgehead atoms. The van der Waals surface area contributed by atoms with E-state index in [0.29, 0.717) is 12.3 Å². The van der Waals surface area contributed by atoms with Crippen LogP contribution >= 0.6 is 11.3 Å². The zero-order valence-electron chi connectivity index (χ0n) is 10.1. The summed E-state index contributed by atoms with van der Waals surface area (Å²) in [6.07, 6.45) is -0.140. The molecule has 0 radical (unpaired) electrons. The highest BCUT2D eigenvalue weighted by Crippen LogP contribution is 2.15. The normalized spacial score (nSPS) is 14.1. The zero-order valence-corrected chi connectivity index (χ0v) is 11.7. The molecule has 0 aromatic carbocycles. The Morgan fingerprint density at radius 3 is 2.71 bits per heavy atom. The number of sulfonamides is 1. The third-order valence-electron chi connectivity index (χ3n) is 2.39. The van der Waals surface area contributed by atoms with Gasteiger partial charge in [0, 0.05) is 6.54 Å². The predicted molar refractivity (Wildman–Crippen MR) is 70.5 cm³/mol. The fraction of sp³-hybridized carbons (Fsp3) is 0.636. The largest absolute Gasteiger partial charge is 0.387 e. The minimum Gasteiger partial charge on any atom is -0.387 e. The zero-order chi connectivity index (χ0) is 12.9. The first-order valence-corrected chi connectivity index (χ1v) is 8.17. The molecule has 98 valence electrons. The summed E-state index contributed by atoms with van der Waals surface area (Å²) in [5.41, 5.74) is 0.751. The average Bonchev–Trinajstić information content (AvgIpc) is 2.77. The molecule has 6 heteroatoms. The Labute approximate surface area is 107 Å². The summed E-state index contributed by atoms with van der Waals surface area (Å²) >= 11 is 1.48. The Morgan fingerprint density at radius 1 is 1.47 bits per heavy atom. The van der Waals surface area contributed by atoms with Crippen molar-refractivity contribution < 1.29 is 13.5 Å². The van der Waals surface area contributed by atoms with E-state index in [-0.39, 0.29) is 12.3 Å². The van der Waals surface area contributed by atoms with Crippen LogP contribution in [0.4, 0.5) is 0 Å². The van der Waals surface area contributed by atoms with Gasteiger partial charge in [-0.05, 0) is 34.7 Å². The number of nitrogens with one attached hydrogen (secondary N) is 1. The van der Waals surface area contributed by atoms with Crippen molar-refractivity contribution >= 4 is 21.4 Å². The molecule has 1 atom stereocenters. The maximum absolute atomic E-state index is 11.6. The van der Waals surface area contributed by atoms with Gasteiger partial charge in [0.15, 0.2) is 0 Å². The molecule has 1 unspecified atom stereocenters. The van der Waals surface area contributed by atoms with E-state index >= 15 is 0 Å². The van der Waals surface area contributed by atoms with Crippen LogP contribution in [0.25, 0.3) is 0 Å². The van der Waals surface area contributed by atoms with E-state index in [0.717, 1.165) is 5.56 Å². The first-order valence-electron chi connectivity index (χ1n) is 5.58. The van der Waals surface area contributed by atoms with Crippen molar-refractivity contribution in [2.45, 2.75) is 26.4 Å². The molecule has 0 amide bonds. The summed E-state index contributed by atoms with van der Waals surface area (Å²) in [6.45, 7) is 4.00. The summed E-state index contributed by atoms with van der Waals surface area (Å²) < 4.78 is 25.6. The molecular formula is C11H19NO3S2. The van der Waals surface area contributed by atoms with Crippen LogP contribution < -0.4 is 4.72 Å². The Morgan fingerprint density at radius 2 is 2.18 bits per heavy atom. The number of aliphatic hydroxyl groups excluding tert-OH is 1. The maximum Gasteiger partial charge on any atom is 0.211 e. The molecule has 1 aromatic rings. The second-order valence-electron chi connectivity index (χ2n) is 4.42. The van der Waals surface area contributed by atoms with Gasteiger partial charge in [0.2, 0.25) is 10.0 Å². The van der Waals surface area contributed by atoms with E-state index in [1.807, 2.05) is 24.6 Å². The number of hydrogen-bond donors (Lipinski definition) is 2. The van der Waals surface area contributed by atoms with Gasteiger partial charge in [0.1, 0.15) is 0 Å². The van der Waals surface area contributed by atoms with Crippen molar-refractivity contribution in [1.29, 1.82) is 0 Å². The topological polar surface area (TPSA) is 66.4 Å². The molecule has 0 aliphatic carbocycles. The van der Waals surface area contributed by atoms with E-state index in [1.165, 1.54) is 11.3 Å². The van der Waals surface area contributed by atoms with Crippen LogP contribution in [0, 0.1) is 5.92 Å². The van der Waals surface area contributed by atoms with Crippen LogP contribution in [0.1, 0.15) is 31.9 Å². The molecule has 0 aliphatic heterocycles. The first kappa shape index (κ1) is 14.6. The Kier molecular flexibility index (Phi) is 5.58. The van der Waals surface area contributed by atoms with E-state index in [1.54, 1.807) is 6.07 Å². The molecule has 17 heavy (non-hydrogen) atoms. The highest BCUT2D eigenvalue weighted by Gasteiger charge is 2.14. The van der Waals surface area contributed by atoms with E-state index in [9.17, 15) is 13.5 Å². The smallest absolute Gasteiger partial charge is 0.211 e. The van der Waals surface area contributed by atoms with Crippen LogP contribution in [0.2, 0.25) is 0 Å². The summed E-state index contributed by atoms with van der Waals surface area (Å²) in [7, 11) is -3.27. The SMILES string of the molecule is CC(C)CCS(=O)(=O)NCC(O)c1ccsc1. The number of aliphatic hydroxyl groups is 1. The van der Waals surface area contributed by atoms with Crippen molar-refractivity contribution in [2.75, 3.05) is 12.3 Å². The summed E-state index contributed by atoms with van der Waals surface area (Å²) in [4.78, 5) is 0. The Balaban J connectivity index is 2.39. The number of rotatable bonds is 7. The summed E-state index contributed by atoms with van der Waals surface area (Å²) in [5.74, 6) is 0.467. The third kappa shape index (κ3) is 5.63. The quantitative estimate of drug-likeness (QED) is 0.798. The van der Waals surface area contributed by atoms with Crippen LogP contribution in [-0.4, -0.2) is 25.8 Å². The Bertz CT molecular complexity index is 412. The molecule has 1 rings (SSSR count).